The fourth-order valence-corrected chi connectivity index (χ4v) is 3.94. The lowest BCUT2D eigenvalue weighted by atomic mass is 9.80. The van der Waals surface area contributed by atoms with Crippen molar-refractivity contribution in [1.82, 2.24) is 5.32 Å². The molecule has 3 rings (SSSR count). The lowest BCUT2D eigenvalue weighted by molar-refractivity contribution is -0.404. The van der Waals surface area contributed by atoms with Crippen LogP contribution in [0.3, 0.4) is 0 Å². The highest BCUT2D eigenvalue weighted by molar-refractivity contribution is 6.31. The van der Waals surface area contributed by atoms with Crippen LogP contribution in [0.4, 0.5) is 0 Å². The minimum Gasteiger partial charge on any atom is -0.462 e. The van der Waals surface area contributed by atoms with Crippen molar-refractivity contribution in [3.63, 3.8) is 0 Å². The van der Waals surface area contributed by atoms with E-state index in [2.05, 4.69) is 10.3 Å². The van der Waals surface area contributed by atoms with E-state index >= 15 is 0 Å². The van der Waals surface area contributed by atoms with Gasteiger partial charge in [0.2, 0.25) is 0 Å². The van der Waals surface area contributed by atoms with Crippen LogP contribution in [-0.4, -0.2) is 24.3 Å². The number of allylic oxidation sites excluding steroid dienone is 1. The maximum absolute atomic E-state index is 13.1. The van der Waals surface area contributed by atoms with Crippen molar-refractivity contribution < 1.29 is 19.3 Å². The van der Waals surface area contributed by atoms with Crippen molar-refractivity contribution in [3.8, 4) is 0 Å². The molecule has 0 fully saturated rings. The van der Waals surface area contributed by atoms with Gasteiger partial charge in [-0.2, -0.15) is 0 Å². The lowest BCUT2D eigenvalue weighted by Gasteiger charge is -2.26. The molecule has 32 heavy (non-hydrogen) atoms. The second-order valence-electron chi connectivity index (χ2n) is 7.30. The van der Waals surface area contributed by atoms with E-state index in [1.165, 1.54) is 6.20 Å². The Kier molecular flexibility index (Phi) is 7.84. The minimum atomic E-state index is -0.596. The first-order valence-corrected chi connectivity index (χ1v) is 11.0. The Bertz CT molecular complexity index is 1090. The van der Waals surface area contributed by atoms with E-state index in [4.69, 9.17) is 22.1 Å². The van der Waals surface area contributed by atoms with Crippen LogP contribution in [0.1, 0.15) is 48.5 Å². The van der Waals surface area contributed by atoms with Crippen LogP contribution in [0.15, 0.2) is 77.6 Å². The number of carbonyl (C=O) groups excluding carboxylic acids is 2. The highest BCUT2D eigenvalue weighted by Crippen LogP contribution is 2.38. The zero-order chi connectivity index (χ0) is 23.1. The number of benzene rings is 2. The Morgan fingerprint density at radius 2 is 1.81 bits per heavy atom. The Morgan fingerprint density at radius 3 is 2.47 bits per heavy atom. The molecule has 1 amide bonds. The molecule has 2 aromatic carbocycles. The number of esters is 1. The molecule has 1 atom stereocenters. The van der Waals surface area contributed by atoms with Gasteiger partial charge in [-0.05, 0) is 37.1 Å². The molecule has 0 aliphatic carbocycles. The zero-order valence-electron chi connectivity index (χ0n) is 18.2. The van der Waals surface area contributed by atoms with Gasteiger partial charge in [0.1, 0.15) is 5.70 Å². The van der Waals surface area contributed by atoms with Gasteiger partial charge in [0.25, 0.3) is 11.7 Å². The van der Waals surface area contributed by atoms with E-state index < -0.39 is 11.9 Å². The normalized spacial score (nSPS) is 17.2. The molecule has 1 aliphatic heterocycles. The van der Waals surface area contributed by atoms with Crippen molar-refractivity contribution in [3.05, 3.63) is 93.8 Å². The third kappa shape index (κ3) is 5.08. The molecular formula is C25H27ClN3O3+. The van der Waals surface area contributed by atoms with Crippen LogP contribution in [0.2, 0.25) is 5.02 Å². The smallest absolute Gasteiger partial charge is 0.338 e. The molecule has 0 radical (unpaired) electrons. The number of hydrogen-bond acceptors (Lipinski definition) is 4. The summed E-state index contributed by atoms with van der Waals surface area (Å²) in [5, 5.41) is 3.29. The summed E-state index contributed by atoms with van der Waals surface area (Å²) < 4.78 is 5.38. The third-order valence-electron chi connectivity index (χ3n) is 5.13. The second-order valence-corrected chi connectivity index (χ2v) is 7.70. The molecule has 2 aromatic rings. The van der Waals surface area contributed by atoms with Gasteiger partial charge in [0, 0.05) is 23.2 Å². The Balaban J connectivity index is 2.13. The maximum atomic E-state index is 13.1. The van der Waals surface area contributed by atoms with E-state index in [1.54, 1.807) is 37.3 Å². The molecule has 1 heterocycles. The number of amidine groups is 1. The van der Waals surface area contributed by atoms with Crippen molar-refractivity contribution in [2.75, 3.05) is 6.61 Å². The average molecular weight is 453 g/mol. The average Bonchev–Trinajstić information content (AvgIpc) is 2.79. The highest BCUT2D eigenvalue weighted by Gasteiger charge is 2.39. The molecule has 0 aromatic heterocycles. The first kappa shape index (κ1) is 23.3. The third-order valence-corrected chi connectivity index (χ3v) is 5.47. The number of amides is 1. The molecule has 0 spiro atoms. The molecule has 6 nitrogen and oxygen atoms in total. The van der Waals surface area contributed by atoms with Gasteiger partial charge >= 0.3 is 5.97 Å². The summed E-state index contributed by atoms with van der Waals surface area (Å²) in [6.45, 7) is 4.01. The van der Waals surface area contributed by atoms with E-state index in [-0.39, 0.29) is 12.5 Å². The van der Waals surface area contributed by atoms with Gasteiger partial charge in [0.05, 0.1) is 23.7 Å². The van der Waals surface area contributed by atoms with Gasteiger partial charge in [-0.3, -0.25) is 10.5 Å². The predicted molar refractivity (Wildman–Crippen MR) is 125 cm³/mol. The van der Waals surface area contributed by atoms with Gasteiger partial charge in [-0.1, -0.05) is 54.9 Å². The number of nitrogens with two attached hydrogens (primary N) is 1. The number of carbonyl (C=O) groups is 2. The maximum Gasteiger partial charge on any atom is 0.338 e. The molecule has 1 aliphatic rings. The van der Waals surface area contributed by atoms with Crippen LogP contribution >= 0.6 is 11.6 Å². The van der Waals surface area contributed by atoms with Gasteiger partial charge in [-0.15, -0.1) is 0 Å². The van der Waals surface area contributed by atoms with Crippen LogP contribution < -0.4 is 16.0 Å². The number of hydrogen-bond donors (Lipinski definition) is 3. The molecule has 0 bridgehead atoms. The Labute approximate surface area is 192 Å². The minimum absolute atomic E-state index is 0.236. The summed E-state index contributed by atoms with van der Waals surface area (Å²) in [4.78, 5) is 28.8. The number of ether oxygens (including phenoxy) is 1. The zero-order valence-corrected chi connectivity index (χ0v) is 18.9. The summed E-state index contributed by atoms with van der Waals surface area (Å²) in [5.74, 6) is -0.979. The lowest BCUT2D eigenvalue weighted by Crippen LogP contribution is -2.76. The summed E-state index contributed by atoms with van der Waals surface area (Å²) >= 11 is 6.54. The first-order chi connectivity index (χ1) is 15.5. The van der Waals surface area contributed by atoms with E-state index in [0.29, 0.717) is 45.2 Å². The molecular weight excluding hydrogens is 426 g/mol. The highest BCUT2D eigenvalue weighted by atomic mass is 35.5. The van der Waals surface area contributed by atoms with Gasteiger partial charge < -0.3 is 10.1 Å². The van der Waals surface area contributed by atoms with E-state index in [0.717, 1.165) is 6.42 Å². The molecule has 166 valence electrons. The van der Waals surface area contributed by atoms with Crippen LogP contribution in [0.5, 0.6) is 0 Å². The molecule has 4 N–H and O–H groups in total. The molecule has 1 unspecified atom stereocenters. The molecule has 7 heteroatoms. The number of rotatable bonds is 7. The summed E-state index contributed by atoms with van der Waals surface area (Å²) in [5.41, 5.74) is 9.28. The van der Waals surface area contributed by atoms with Crippen molar-refractivity contribution in [2.45, 2.75) is 32.6 Å². The van der Waals surface area contributed by atoms with Gasteiger partial charge in [0.15, 0.2) is 0 Å². The Morgan fingerprint density at radius 1 is 1.12 bits per heavy atom. The second kappa shape index (κ2) is 10.8. The first-order valence-electron chi connectivity index (χ1n) is 10.6. The topological polar surface area (TPSA) is 95.4 Å². The summed E-state index contributed by atoms with van der Waals surface area (Å²) in [7, 11) is 0. The van der Waals surface area contributed by atoms with Crippen molar-refractivity contribution in [2.24, 2.45) is 5.73 Å². The summed E-state index contributed by atoms with van der Waals surface area (Å²) in [6, 6.07) is 16.1. The van der Waals surface area contributed by atoms with Crippen molar-refractivity contribution in [1.29, 1.82) is 0 Å². The number of nitrogens with one attached hydrogen (secondary N) is 2. The van der Waals surface area contributed by atoms with Crippen molar-refractivity contribution >= 4 is 29.3 Å². The number of halogens is 1. The van der Waals surface area contributed by atoms with Crippen LogP contribution in [0, 0.1) is 0 Å². The molecule has 0 saturated carbocycles. The quantitative estimate of drug-likeness (QED) is 0.563. The van der Waals surface area contributed by atoms with Crippen LogP contribution in [-0.2, 0) is 9.53 Å². The van der Waals surface area contributed by atoms with Gasteiger partial charge in [-0.25, -0.2) is 9.79 Å². The summed E-state index contributed by atoms with van der Waals surface area (Å²) in [6.07, 6.45) is 2.95. The predicted octanol–water partition coefficient (Wildman–Crippen LogP) is 2.81. The SMILES string of the molecule is CCCC1=C(C(=O)OCC)C(c2ccccc2Cl)/C(=C/NC(=O)c2ccccc2)C(N)=[NH+]1. The fourth-order valence-electron chi connectivity index (χ4n) is 3.69. The standard InChI is InChI=1S/C25H26ClN3O3/c1-3-10-20-22(25(31)32-4-2)21(17-13-8-9-14-19(17)26)18(23(27)29-20)15-28-24(30)16-11-6-5-7-12-16/h5-9,11-15,21H,3-4,10H2,1-2H3,(H2,27,29)(H,28,30)/p+1/b18-15-. The Hall–Kier alpha value is -3.38. The van der Waals surface area contributed by atoms with Crippen LogP contribution in [0.25, 0.3) is 0 Å². The molecule has 0 saturated heterocycles. The monoisotopic (exact) mass is 452 g/mol. The van der Waals surface area contributed by atoms with E-state index in [1.807, 2.05) is 31.2 Å². The largest absolute Gasteiger partial charge is 0.462 e. The van der Waals surface area contributed by atoms with E-state index in [9.17, 15) is 9.59 Å². The fraction of sp³-hybridized carbons (Fsp3) is 0.240.